The Morgan fingerprint density at radius 1 is 0.447 bits per heavy atom. The smallest absolute Gasteiger partial charge is 0.0622 e. The van der Waals surface area contributed by atoms with Crippen molar-refractivity contribution in [3.8, 4) is 44.5 Å². The number of hydrogen-bond acceptors (Lipinski definition) is 0. The van der Waals surface area contributed by atoms with Crippen molar-refractivity contribution in [1.29, 1.82) is 0 Å². The third-order valence-corrected chi connectivity index (χ3v) is 11.9. The molecule has 1 heterocycles. The highest BCUT2D eigenvalue weighted by Gasteiger charge is 2.40. The Hall–Kier alpha value is -4.20. The summed E-state index contributed by atoms with van der Waals surface area (Å²) < 4.78 is 0. The van der Waals surface area contributed by atoms with Crippen molar-refractivity contribution in [2.24, 2.45) is 0 Å². The molecule has 0 bridgehead atoms. The number of rotatable bonds is 3. The maximum atomic E-state index is 2.56. The highest BCUT2D eigenvalue weighted by Crippen LogP contribution is 2.48. The summed E-state index contributed by atoms with van der Waals surface area (Å²) in [4.78, 5) is 0. The Kier molecular flexibility index (Phi) is 5.24. The third-order valence-electron chi connectivity index (χ3n) is 8.41. The molecule has 0 saturated heterocycles. The highest BCUT2D eigenvalue weighted by atomic mass is 28.3. The topological polar surface area (TPSA) is 0 Å². The monoisotopic (exact) mass is 502 g/mol. The van der Waals surface area contributed by atoms with Crippen LogP contribution < -0.4 is 10.4 Å². The summed E-state index contributed by atoms with van der Waals surface area (Å²) in [5, 5.41) is 5.88. The SMILES string of the molecule is Cc1c(-c2ccccc2)c(-c2ccccc2)c2c(c1-c1ccccc1)-c1cccc3cccc(c13)[Si]2(C)C. The molecule has 0 N–H and O–H groups in total. The molecule has 0 radical (unpaired) electrons. The van der Waals surface area contributed by atoms with E-state index in [-0.39, 0.29) is 0 Å². The van der Waals surface area contributed by atoms with E-state index >= 15 is 0 Å². The molecule has 0 saturated carbocycles. The molecule has 7 rings (SSSR count). The Bertz CT molecular complexity index is 1810. The molecule has 182 valence electrons. The van der Waals surface area contributed by atoms with Gasteiger partial charge in [-0.2, -0.15) is 0 Å². The molecular weight excluding hydrogens is 472 g/mol. The van der Waals surface area contributed by atoms with Crippen LogP contribution in [-0.2, 0) is 0 Å². The molecule has 1 heteroatoms. The van der Waals surface area contributed by atoms with E-state index in [4.69, 9.17) is 0 Å². The molecule has 0 nitrogen and oxygen atoms in total. The van der Waals surface area contributed by atoms with E-state index < -0.39 is 8.07 Å². The number of fused-ring (bicyclic) bond motifs is 2. The van der Waals surface area contributed by atoms with E-state index in [1.807, 2.05) is 0 Å². The highest BCUT2D eigenvalue weighted by molar-refractivity contribution is 7.04. The van der Waals surface area contributed by atoms with Gasteiger partial charge in [0, 0.05) is 0 Å². The second-order valence-corrected chi connectivity index (χ2v) is 15.2. The molecule has 0 aliphatic carbocycles. The van der Waals surface area contributed by atoms with Gasteiger partial charge in [0.15, 0.2) is 0 Å². The minimum atomic E-state index is -2.14. The third kappa shape index (κ3) is 3.29. The molecule has 0 atom stereocenters. The molecule has 0 amide bonds. The molecule has 38 heavy (non-hydrogen) atoms. The van der Waals surface area contributed by atoms with E-state index in [1.165, 1.54) is 66.0 Å². The van der Waals surface area contributed by atoms with Gasteiger partial charge < -0.3 is 0 Å². The van der Waals surface area contributed by atoms with E-state index in [2.05, 4.69) is 147 Å². The molecular formula is C37H30Si. The van der Waals surface area contributed by atoms with Gasteiger partial charge in [0.1, 0.15) is 8.07 Å². The van der Waals surface area contributed by atoms with Crippen LogP contribution in [0.4, 0.5) is 0 Å². The van der Waals surface area contributed by atoms with Crippen molar-refractivity contribution in [2.75, 3.05) is 0 Å². The first kappa shape index (κ1) is 23.0. The van der Waals surface area contributed by atoms with Crippen LogP contribution in [0.2, 0.25) is 13.1 Å². The van der Waals surface area contributed by atoms with Crippen LogP contribution in [0.5, 0.6) is 0 Å². The molecule has 0 unspecified atom stereocenters. The predicted molar refractivity (Wildman–Crippen MR) is 167 cm³/mol. The zero-order chi connectivity index (χ0) is 25.9. The van der Waals surface area contributed by atoms with Crippen molar-refractivity contribution < 1.29 is 0 Å². The minimum Gasteiger partial charge on any atom is -0.0622 e. The van der Waals surface area contributed by atoms with Gasteiger partial charge >= 0.3 is 0 Å². The average Bonchev–Trinajstić information content (AvgIpc) is 2.96. The van der Waals surface area contributed by atoms with Crippen LogP contribution in [0.3, 0.4) is 0 Å². The lowest BCUT2D eigenvalue weighted by molar-refractivity contribution is 1.44. The standard InChI is InChI=1S/C37H30Si/c1-25-32(26-15-7-4-8-16-26)35(29-19-11-6-12-20-29)37-36(33(25)27-17-9-5-10-18-27)30-23-13-21-28-22-14-24-31(34(28)30)38(37,2)3/h4-24H,1-3H3. The van der Waals surface area contributed by atoms with Gasteiger partial charge in [-0.3, -0.25) is 0 Å². The fourth-order valence-corrected chi connectivity index (χ4v) is 10.3. The normalized spacial score (nSPS) is 13.3. The maximum Gasteiger partial charge on any atom is 0.114 e. The van der Waals surface area contributed by atoms with E-state index in [1.54, 1.807) is 5.19 Å². The first-order valence-electron chi connectivity index (χ1n) is 13.5. The fraction of sp³-hybridized carbons (Fsp3) is 0.0811. The van der Waals surface area contributed by atoms with Crippen molar-refractivity contribution in [3.63, 3.8) is 0 Å². The summed E-state index contributed by atoms with van der Waals surface area (Å²) in [5.41, 5.74) is 12.2. The van der Waals surface area contributed by atoms with Crippen LogP contribution in [-0.4, -0.2) is 8.07 Å². The first-order valence-corrected chi connectivity index (χ1v) is 16.5. The lowest BCUT2D eigenvalue weighted by atomic mass is 9.80. The van der Waals surface area contributed by atoms with Gasteiger partial charge in [0.25, 0.3) is 0 Å². The largest absolute Gasteiger partial charge is 0.114 e. The van der Waals surface area contributed by atoms with E-state index in [0.29, 0.717) is 0 Å². The van der Waals surface area contributed by atoms with Crippen LogP contribution in [0.15, 0.2) is 127 Å². The minimum absolute atomic E-state index is 1.28. The van der Waals surface area contributed by atoms with E-state index in [0.717, 1.165) is 0 Å². The van der Waals surface area contributed by atoms with Crippen molar-refractivity contribution in [2.45, 2.75) is 20.0 Å². The maximum absolute atomic E-state index is 2.56. The number of hydrogen-bond donors (Lipinski definition) is 0. The summed E-state index contributed by atoms with van der Waals surface area (Å²) in [5.74, 6) is 0. The molecule has 6 aromatic carbocycles. The fourth-order valence-electron chi connectivity index (χ4n) is 6.80. The van der Waals surface area contributed by atoms with Gasteiger partial charge in [-0.15, -0.1) is 0 Å². The predicted octanol–water partition coefficient (Wildman–Crippen LogP) is 8.95. The van der Waals surface area contributed by atoms with Gasteiger partial charge in [-0.1, -0.05) is 140 Å². The second-order valence-electron chi connectivity index (χ2n) is 10.9. The van der Waals surface area contributed by atoms with Gasteiger partial charge in [0.2, 0.25) is 0 Å². The molecule has 6 aromatic rings. The number of benzene rings is 6. The molecule has 0 fully saturated rings. The second kappa shape index (κ2) is 8.68. The average molecular weight is 503 g/mol. The van der Waals surface area contributed by atoms with Crippen LogP contribution >= 0.6 is 0 Å². The Labute approximate surface area is 226 Å². The molecule has 0 aromatic heterocycles. The summed E-state index contributed by atoms with van der Waals surface area (Å²) in [6.45, 7) is 7.45. The summed E-state index contributed by atoms with van der Waals surface area (Å²) >= 11 is 0. The summed E-state index contributed by atoms with van der Waals surface area (Å²) in [6, 6.07) is 47.0. The van der Waals surface area contributed by atoms with Crippen LogP contribution in [0.25, 0.3) is 55.3 Å². The molecule has 0 spiro atoms. The van der Waals surface area contributed by atoms with Crippen molar-refractivity contribution >= 4 is 29.2 Å². The van der Waals surface area contributed by atoms with Crippen LogP contribution in [0, 0.1) is 6.92 Å². The van der Waals surface area contributed by atoms with Crippen molar-refractivity contribution in [1.82, 2.24) is 0 Å². The lowest BCUT2D eigenvalue weighted by Crippen LogP contribution is -2.57. The lowest BCUT2D eigenvalue weighted by Gasteiger charge is -2.39. The zero-order valence-corrected chi connectivity index (χ0v) is 23.1. The quantitative estimate of drug-likeness (QED) is 0.212. The molecule has 1 aliphatic rings. The van der Waals surface area contributed by atoms with Crippen LogP contribution in [0.1, 0.15) is 5.56 Å². The van der Waals surface area contributed by atoms with Gasteiger partial charge in [-0.05, 0) is 78.1 Å². The van der Waals surface area contributed by atoms with Crippen molar-refractivity contribution in [3.05, 3.63) is 133 Å². The molecule has 1 aliphatic heterocycles. The first-order chi connectivity index (χ1) is 18.6. The summed E-state index contributed by atoms with van der Waals surface area (Å²) in [6.07, 6.45) is 0. The zero-order valence-electron chi connectivity index (χ0n) is 22.1. The van der Waals surface area contributed by atoms with Gasteiger partial charge in [-0.25, -0.2) is 0 Å². The Morgan fingerprint density at radius 3 is 1.47 bits per heavy atom. The Balaban J connectivity index is 1.78. The van der Waals surface area contributed by atoms with Gasteiger partial charge in [0.05, 0.1) is 0 Å². The summed E-state index contributed by atoms with van der Waals surface area (Å²) in [7, 11) is -2.14. The Morgan fingerprint density at radius 2 is 0.921 bits per heavy atom. The van der Waals surface area contributed by atoms with E-state index in [9.17, 15) is 0 Å².